The van der Waals surface area contributed by atoms with E-state index in [1.807, 2.05) is 65.2 Å². The van der Waals surface area contributed by atoms with Crippen LogP contribution in [0, 0.1) is 0 Å². The molecule has 1 heterocycles. The van der Waals surface area contributed by atoms with Crippen LogP contribution in [0.15, 0.2) is 42.5 Å². The number of ketones is 1. The highest BCUT2D eigenvalue weighted by molar-refractivity contribution is 6.11. The summed E-state index contributed by atoms with van der Waals surface area (Å²) in [7, 11) is 5.53. The fourth-order valence-electron chi connectivity index (χ4n) is 4.28. The van der Waals surface area contributed by atoms with E-state index < -0.39 is 5.60 Å². The van der Waals surface area contributed by atoms with Gasteiger partial charge in [0.15, 0.2) is 12.3 Å². The minimum absolute atomic E-state index is 0.0695. The molecule has 1 amide bonds. The molecule has 2 aromatic carbocycles. The van der Waals surface area contributed by atoms with Crippen LogP contribution in [0.5, 0.6) is 23.0 Å². The van der Waals surface area contributed by atoms with E-state index in [1.165, 1.54) is 13.2 Å². The summed E-state index contributed by atoms with van der Waals surface area (Å²) in [6, 6.07) is 9.06. The van der Waals surface area contributed by atoms with Crippen molar-refractivity contribution in [2.45, 2.75) is 39.2 Å². The van der Waals surface area contributed by atoms with Crippen molar-refractivity contribution in [3.05, 3.63) is 59.2 Å². The minimum Gasteiger partial charge on any atom is -0.506 e. The molecule has 0 aliphatic carbocycles. The number of aromatic hydroxyl groups is 1. The Morgan fingerprint density at radius 2 is 1.90 bits per heavy atom. The number of methoxy groups -OCH3 is 1. The molecule has 39 heavy (non-hydrogen) atoms. The van der Waals surface area contributed by atoms with Gasteiger partial charge in [-0.2, -0.15) is 0 Å². The van der Waals surface area contributed by atoms with Crippen molar-refractivity contribution in [3.8, 4) is 23.0 Å². The molecule has 0 spiro atoms. The Bertz CT molecular complexity index is 1230. The smallest absolute Gasteiger partial charge is 0.275 e. The number of quaternary nitrogens is 1. The van der Waals surface area contributed by atoms with Gasteiger partial charge in [-0.05, 0) is 56.2 Å². The van der Waals surface area contributed by atoms with E-state index >= 15 is 0 Å². The average molecular weight is 538 g/mol. The number of nitrogens with zero attached hydrogens (tertiary/aromatic N) is 1. The van der Waals surface area contributed by atoms with Gasteiger partial charge in [-0.25, -0.2) is 0 Å². The maximum Gasteiger partial charge on any atom is 0.275 e. The number of phenolic OH excluding ortho intramolecular Hbond substituents is 1. The quantitative estimate of drug-likeness (QED) is 0.164. The third-order valence-corrected chi connectivity index (χ3v) is 6.38. The van der Waals surface area contributed by atoms with Crippen LogP contribution in [0.4, 0.5) is 0 Å². The minimum atomic E-state index is -0.520. The fourth-order valence-corrected chi connectivity index (χ4v) is 4.28. The summed E-state index contributed by atoms with van der Waals surface area (Å²) in [5.74, 6) is 0.966. The number of ether oxygens (including phenoxy) is 3. The number of likely N-dealkylation sites (N-methyl/N-ethyl adjacent to an activating group) is 1. The molecule has 8 nitrogen and oxygen atoms in total. The lowest BCUT2D eigenvalue weighted by atomic mass is 9.97. The number of nitrogens with one attached hydrogen (secondary N) is 1. The number of hydrogen-bond donors (Lipinski definition) is 2. The molecule has 3 rings (SSSR count). The number of amides is 1. The second kappa shape index (κ2) is 12.8. The largest absolute Gasteiger partial charge is 0.506 e. The lowest BCUT2D eigenvalue weighted by Gasteiger charge is -2.29. The first-order valence-corrected chi connectivity index (χ1v) is 13.3. The van der Waals surface area contributed by atoms with Gasteiger partial charge in [0.2, 0.25) is 0 Å². The summed E-state index contributed by atoms with van der Waals surface area (Å²) in [6.45, 7) is 8.36. The number of fused-ring (bicyclic) bond motifs is 1. The van der Waals surface area contributed by atoms with Crippen molar-refractivity contribution in [2.24, 2.45) is 0 Å². The molecule has 0 saturated carbocycles. The third kappa shape index (κ3) is 8.35. The number of carbonyl (C=O) groups is 2. The zero-order valence-corrected chi connectivity index (χ0v) is 23.9. The van der Waals surface area contributed by atoms with Crippen LogP contribution < -0.4 is 19.5 Å². The summed E-state index contributed by atoms with van der Waals surface area (Å²) >= 11 is 0. The van der Waals surface area contributed by atoms with Crippen molar-refractivity contribution in [1.29, 1.82) is 0 Å². The monoisotopic (exact) mass is 537 g/mol. The molecule has 0 unspecified atom stereocenters. The molecule has 0 bridgehead atoms. The molecule has 0 aromatic heterocycles. The van der Waals surface area contributed by atoms with E-state index in [9.17, 15) is 14.7 Å². The van der Waals surface area contributed by atoms with Gasteiger partial charge < -0.3 is 29.1 Å². The fraction of sp³-hybridized carbons (Fsp3) is 0.419. The predicted molar refractivity (Wildman–Crippen MR) is 153 cm³/mol. The van der Waals surface area contributed by atoms with Crippen molar-refractivity contribution < 1.29 is 33.4 Å². The number of benzene rings is 2. The van der Waals surface area contributed by atoms with E-state index in [-0.39, 0.29) is 28.8 Å². The molecular formula is C31H41N2O6+. The normalized spacial score (nSPS) is 14.0. The van der Waals surface area contributed by atoms with Crippen molar-refractivity contribution >= 4 is 23.8 Å². The van der Waals surface area contributed by atoms with Crippen molar-refractivity contribution in [1.82, 2.24) is 5.32 Å². The third-order valence-electron chi connectivity index (χ3n) is 6.38. The van der Waals surface area contributed by atoms with Crippen molar-refractivity contribution in [2.75, 3.05) is 47.4 Å². The number of hydrogen-bond acceptors (Lipinski definition) is 6. The number of rotatable bonds is 13. The molecule has 0 radical (unpaired) electrons. The Morgan fingerprint density at radius 3 is 2.56 bits per heavy atom. The maximum absolute atomic E-state index is 13.0. The van der Waals surface area contributed by atoms with Crippen LogP contribution >= 0.6 is 0 Å². The van der Waals surface area contributed by atoms with Crippen LogP contribution in [-0.4, -0.2) is 74.3 Å². The van der Waals surface area contributed by atoms with E-state index in [2.05, 4.69) is 5.32 Å². The summed E-state index contributed by atoms with van der Waals surface area (Å²) in [5, 5.41) is 13.8. The summed E-state index contributed by atoms with van der Waals surface area (Å²) < 4.78 is 17.8. The number of carbonyl (C=O) groups excluding carboxylic acids is 2. The first kappa shape index (κ1) is 29.8. The van der Waals surface area contributed by atoms with Gasteiger partial charge in [0.25, 0.3) is 5.91 Å². The Labute approximate surface area is 231 Å². The Morgan fingerprint density at radius 1 is 1.18 bits per heavy atom. The summed E-state index contributed by atoms with van der Waals surface area (Å²) in [4.78, 5) is 25.0. The van der Waals surface area contributed by atoms with Crippen LogP contribution in [0.1, 0.15) is 55.1 Å². The van der Waals surface area contributed by atoms with Gasteiger partial charge in [-0.1, -0.05) is 25.1 Å². The lowest BCUT2D eigenvalue weighted by molar-refractivity contribution is -0.882. The molecule has 1 aliphatic rings. The molecule has 0 saturated heterocycles. The Hall–Kier alpha value is -3.78. The first-order chi connectivity index (χ1) is 18.4. The number of phenols is 1. The zero-order chi connectivity index (χ0) is 28.6. The Balaban J connectivity index is 1.56. The van der Waals surface area contributed by atoms with E-state index in [0.717, 1.165) is 30.7 Å². The highest BCUT2D eigenvalue weighted by Crippen LogP contribution is 2.43. The SMILES string of the molecule is CCCNC(=O)C[N+](C)(C)CCCOc1ccc(/C=C/C(=O)c2c(OC)cc3c(c2O)C=CC(C)(C)O3)cc1. The summed E-state index contributed by atoms with van der Waals surface area (Å²) in [6.07, 6.45) is 8.43. The molecule has 2 N–H and O–H groups in total. The zero-order valence-electron chi connectivity index (χ0n) is 23.9. The van der Waals surface area contributed by atoms with Gasteiger partial charge in [-0.15, -0.1) is 0 Å². The van der Waals surface area contributed by atoms with Crippen LogP contribution in [0.3, 0.4) is 0 Å². The highest BCUT2D eigenvalue weighted by atomic mass is 16.5. The van der Waals surface area contributed by atoms with Gasteiger partial charge >= 0.3 is 0 Å². The molecule has 210 valence electrons. The van der Waals surface area contributed by atoms with E-state index in [0.29, 0.717) is 35.5 Å². The van der Waals surface area contributed by atoms with Gasteiger partial charge in [0.1, 0.15) is 34.2 Å². The highest BCUT2D eigenvalue weighted by Gasteiger charge is 2.28. The molecule has 0 atom stereocenters. The second-order valence-electron chi connectivity index (χ2n) is 10.9. The van der Waals surface area contributed by atoms with Crippen molar-refractivity contribution in [3.63, 3.8) is 0 Å². The predicted octanol–water partition coefficient (Wildman–Crippen LogP) is 4.85. The number of allylic oxidation sites excluding steroid dienone is 1. The first-order valence-electron chi connectivity index (χ1n) is 13.3. The van der Waals surface area contributed by atoms with Gasteiger partial charge in [0.05, 0.1) is 39.9 Å². The molecule has 1 aliphatic heterocycles. The van der Waals surface area contributed by atoms with Gasteiger partial charge in [-0.3, -0.25) is 9.59 Å². The van der Waals surface area contributed by atoms with E-state index in [1.54, 1.807) is 18.2 Å². The average Bonchev–Trinajstić information content (AvgIpc) is 2.88. The van der Waals surface area contributed by atoms with Crippen LogP contribution in [0.25, 0.3) is 12.2 Å². The summed E-state index contributed by atoms with van der Waals surface area (Å²) in [5.41, 5.74) is 0.834. The van der Waals surface area contributed by atoms with E-state index in [4.69, 9.17) is 14.2 Å². The second-order valence-corrected chi connectivity index (χ2v) is 10.9. The molecule has 2 aromatic rings. The lowest BCUT2D eigenvalue weighted by Crippen LogP contribution is -2.48. The topological polar surface area (TPSA) is 94.1 Å². The van der Waals surface area contributed by atoms with Crippen LogP contribution in [0.2, 0.25) is 0 Å². The molecular weight excluding hydrogens is 496 g/mol. The Kier molecular flexibility index (Phi) is 9.81. The standard InChI is InChI=1S/C31H40N2O6/c1-7-17-32-28(35)21-33(4,5)18-8-19-38-23-12-9-22(10-13-23)11-14-25(34)29-27(37-6)20-26-24(30(29)36)15-16-31(2,3)39-26/h9-16,20H,7-8,17-19,21H2,1-6H3,(H-,32,34,35,36)/p+1/b14-11+. The molecule has 8 heteroatoms. The maximum atomic E-state index is 13.0. The van der Waals surface area contributed by atoms with Crippen LogP contribution in [-0.2, 0) is 4.79 Å². The molecule has 0 fully saturated rings. The van der Waals surface area contributed by atoms with Gasteiger partial charge in [0, 0.05) is 19.0 Å².